The Bertz CT molecular complexity index is 2050. The number of aliphatic hydroxyl groups excluding tert-OH is 2. The normalized spacial score (nSPS) is 22.1. The molecule has 5 atom stereocenters. The van der Waals surface area contributed by atoms with Crippen LogP contribution in [0.1, 0.15) is 89.4 Å². The molecule has 3 aliphatic rings. The first-order chi connectivity index (χ1) is 31.0. The van der Waals surface area contributed by atoms with Gasteiger partial charge in [-0.05, 0) is 80.5 Å². The number of nitrogens with zero attached hydrogens (tertiary/aromatic N) is 7. The van der Waals surface area contributed by atoms with Crippen molar-refractivity contribution in [3.63, 3.8) is 0 Å². The molecule has 0 bridgehead atoms. The number of anilines is 1. The van der Waals surface area contributed by atoms with E-state index in [1.54, 1.807) is 4.90 Å². The Morgan fingerprint density at radius 3 is 2.05 bits per heavy atom. The standard InChI is InChI=1S/C48H71N11O5/c1-6-58(39(27-49)57-24-19-34(20-25-57)32(4)5)46(62)43-41(60)42(61)47(64-43)59-30-53-40-44(51-28-37(35-13-9-7-10-14-35)36-15-11-8-12-16-36)54-38(55-45(40)59)29-52-48(63)50-21-26-56-22-17-33(18-23-56)31(2)3/h7-16,30-34,37,39,41-43,47,60-61H,6,17-29,49H2,1-5H3,(H2,50,52,63)(H,51,54,55)/t39?,41-,42+,43-,47+/m0/s1. The Morgan fingerprint density at radius 1 is 0.859 bits per heavy atom. The van der Waals surface area contributed by atoms with Crippen LogP contribution in [0.3, 0.4) is 0 Å². The molecule has 16 heteroatoms. The van der Waals surface area contributed by atoms with Crippen molar-refractivity contribution in [3.8, 4) is 0 Å². The second-order valence-corrected chi connectivity index (χ2v) is 18.5. The van der Waals surface area contributed by atoms with E-state index < -0.39 is 30.4 Å². The molecule has 3 aliphatic heterocycles. The van der Waals surface area contributed by atoms with Gasteiger partial charge in [-0.15, -0.1) is 0 Å². The second kappa shape index (κ2) is 22.0. The zero-order valence-electron chi connectivity index (χ0n) is 38.4. The van der Waals surface area contributed by atoms with Crippen molar-refractivity contribution in [2.45, 2.75) is 103 Å². The van der Waals surface area contributed by atoms with Crippen molar-refractivity contribution in [1.29, 1.82) is 0 Å². The molecule has 5 heterocycles. The number of imidazole rings is 1. The molecule has 1 unspecified atom stereocenters. The number of ether oxygens (including phenoxy) is 1. The largest absolute Gasteiger partial charge is 0.387 e. The fourth-order valence-corrected chi connectivity index (χ4v) is 9.87. The lowest BCUT2D eigenvalue weighted by Gasteiger charge is -2.43. The Kier molecular flexibility index (Phi) is 16.2. The van der Waals surface area contributed by atoms with Gasteiger partial charge in [0.1, 0.15) is 12.2 Å². The maximum atomic E-state index is 14.3. The number of aliphatic hydroxyl groups is 2. The Balaban J connectivity index is 1.10. The average molecular weight is 882 g/mol. The lowest BCUT2D eigenvalue weighted by molar-refractivity contribution is -0.155. The smallest absolute Gasteiger partial charge is 0.315 e. The predicted octanol–water partition coefficient (Wildman–Crippen LogP) is 4.36. The summed E-state index contributed by atoms with van der Waals surface area (Å²) in [5.41, 5.74) is 9.27. The highest BCUT2D eigenvalue weighted by Gasteiger charge is 2.50. The molecule has 348 valence electrons. The van der Waals surface area contributed by atoms with Crippen molar-refractivity contribution in [2.75, 3.05) is 64.2 Å². The molecular weight excluding hydrogens is 811 g/mol. The highest BCUT2D eigenvalue weighted by Crippen LogP contribution is 2.35. The van der Waals surface area contributed by atoms with E-state index >= 15 is 0 Å². The number of piperidine rings is 2. The summed E-state index contributed by atoms with van der Waals surface area (Å²) in [7, 11) is 0. The summed E-state index contributed by atoms with van der Waals surface area (Å²) in [4.78, 5) is 48.1. The van der Waals surface area contributed by atoms with E-state index in [-0.39, 0.29) is 31.2 Å². The highest BCUT2D eigenvalue weighted by molar-refractivity contribution is 5.84. The van der Waals surface area contributed by atoms with Gasteiger partial charge in [0.15, 0.2) is 35.1 Å². The summed E-state index contributed by atoms with van der Waals surface area (Å²) in [5.74, 6) is 2.89. The molecule has 16 nitrogen and oxygen atoms in total. The van der Waals surface area contributed by atoms with Crippen molar-refractivity contribution in [1.82, 2.24) is 44.9 Å². The van der Waals surface area contributed by atoms with Gasteiger partial charge < -0.3 is 46.4 Å². The summed E-state index contributed by atoms with van der Waals surface area (Å²) in [5, 5.41) is 32.5. The van der Waals surface area contributed by atoms with Gasteiger partial charge in [0.2, 0.25) is 0 Å². The molecule has 7 rings (SSSR count). The molecule has 0 spiro atoms. The number of hydrogen-bond donors (Lipinski definition) is 6. The number of nitrogens with two attached hydrogens (primary N) is 1. The molecule has 0 saturated carbocycles. The molecule has 0 aliphatic carbocycles. The Hall–Kier alpha value is -4.71. The van der Waals surface area contributed by atoms with Crippen LogP contribution in [0.25, 0.3) is 11.2 Å². The number of urea groups is 1. The number of carbonyl (C=O) groups is 2. The molecule has 7 N–H and O–H groups in total. The topological polar surface area (TPSA) is 199 Å². The minimum Gasteiger partial charge on any atom is -0.387 e. The van der Waals surface area contributed by atoms with E-state index in [0.29, 0.717) is 60.2 Å². The van der Waals surface area contributed by atoms with Crippen molar-refractivity contribution in [3.05, 3.63) is 83.9 Å². The first kappa shape index (κ1) is 47.3. The number of rotatable bonds is 18. The molecule has 3 amide bonds. The summed E-state index contributed by atoms with van der Waals surface area (Å²) in [6.07, 6.45) is -0.0741. The molecular formula is C48H71N11O5. The number of likely N-dealkylation sites (N-methyl/N-ethyl adjacent to an activating group) is 1. The van der Waals surface area contributed by atoms with Crippen LogP contribution in [-0.2, 0) is 16.1 Å². The third kappa shape index (κ3) is 11.0. The van der Waals surface area contributed by atoms with Gasteiger partial charge in [0.05, 0.1) is 19.0 Å². The molecule has 2 aromatic carbocycles. The quantitative estimate of drug-likeness (QED) is 0.0828. The zero-order valence-corrected chi connectivity index (χ0v) is 38.4. The summed E-state index contributed by atoms with van der Waals surface area (Å²) >= 11 is 0. The first-order valence-electron chi connectivity index (χ1n) is 23.5. The van der Waals surface area contributed by atoms with Crippen LogP contribution in [0.2, 0.25) is 0 Å². The van der Waals surface area contributed by atoms with Crippen molar-refractivity contribution >= 4 is 28.9 Å². The van der Waals surface area contributed by atoms with Gasteiger partial charge in [-0.25, -0.2) is 19.7 Å². The number of amides is 3. The fraction of sp³-hybridized carbons (Fsp3) is 0.604. The van der Waals surface area contributed by atoms with Crippen LogP contribution in [0, 0.1) is 23.7 Å². The minimum absolute atomic E-state index is 0.000378. The lowest BCUT2D eigenvalue weighted by atomic mass is 9.86. The lowest BCUT2D eigenvalue weighted by Crippen LogP contribution is -2.59. The Morgan fingerprint density at radius 2 is 1.47 bits per heavy atom. The van der Waals surface area contributed by atoms with E-state index in [1.165, 1.54) is 23.7 Å². The number of carbonyl (C=O) groups excluding carboxylic acids is 2. The van der Waals surface area contributed by atoms with E-state index in [2.05, 4.69) is 77.7 Å². The van der Waals surface area contributed by atoms with Gasteiger partial charge in [-0.3, -0.25) is 14.3 Å². The van der Waals surface area contributed by atoms with Crippen molar-refractivity contribution < 1.29 is 24.5 Å². The van der Waals surface area contributed by atoms with Gasteiger partial charge >= 0.3 is 6.03 Å². The minimum atomic E-state index is -1.53. The SMILES string of the molecule is CCN(C(=O)[C@H]1O[C@@H](n2cnc3c(NCC(c4ccccc4)c4ccccc4)nc(CNC(=O)NCCN4CCC(C(C)C)CC4)nc32)[C@H](O)[C@@H]1O)C(CN)N1CCC(C(C)C)CC1. The molecule has 4 aromatic rings. The summed E-state index contributed by atoms with van der Waals surface area (Å²) < 4.78 is 7.86. The zero-order chi connectivity index (χ0) is 45.3. The number of aromatic nitrogens is 4. The van der Waals surface area contributed by atoms with Gasteiger partial charge in [0, 0.05) is 51.7 Å². The molecule has 2 aromatic heterocycles. The van der Waals surface area contributed by atoms with Crippen molar-refractivity contribution in [2.24, 2.45) is 29.4 Å². The van der Waals surface area contributed by atoms with E-state index in [0.717, 1.165) is 62.6 Å². The maximum absolute atomic E-state index is 14.3. The van der Waals surface area contributed by atoms with Crippen LogP contribution < -0.4 is 21.7 Å². The van der Waals surface area contributed by atoms with Gasteiger partial charge in [-0.2, -0.15) is 0 Å². The van der Waals surface area contributed by atoms with Gasteiger partial charge in [-0.1, -0.05) is 88.4 Å². The predicted molar refractivity (Wildman–Crippen MR) is 248 cm³/mol. The van der Waals surface area contributed by atoms with Crippen LogP contribution in [0.15, 0.2) is 67.0 Å². The van der Waals surface area contributed by atoms with Crippen LogP contribution in [0.5, 0.6) is 0 Å². The number of likely N-dealkylation sites (tertiary alicyclic amines) is 2. The number of fused-ring (bicyclic) bond motifs is 1. The molecule has 3 saturated heterocycles. The number of benzene rings is 2. The molecule has 64 heavy (non-hydrogen) atoms. The third-order valence-electron chi connectivity index (χ3n) is 13.9. The third-order valence-corrected chi connectivity index (χ3v) is 13.9. The van der Waals surface area contributed by atoms with Crippen LogP contribution in [-0.4, -0.2) is 140 Å². The fourth-order valence-electron chi connectivity index (χ4n) is 9.87. The van der Waals surface area contributed by atoms with E-state index in [4.69, 9.17) is 25.4 Å². The van der Waals surface area contributed by atoms with Gasteiger partial charge in [0.25, 0.3) is 5.91 Å². The number of hydrogen-bond acceptors (Lipinski definition) is 12. The summed E-state index contributed by atoms with van der Waals surface area (Å²) in [6.45, 7) is 17.0. The van der Waals surface area contributed by atoms with E-state index in [1.807, 2.05) is 43.3 Å². The average Bonchev–Trinajstić information content (AvgIpc) is 3.87. The maximum Gasteiger partial charge on any atom is 0.315 e. The Labute approximate surface area is 378 Å². The molecule has 0 radical (unpaired) electrons. The highest BCUT2D eigenvalue weighted by atomic mass is 16.6. The van der Waals surface area contributed by atoms with Crippen LogP contribution in [0.4, 0.5) is 10.6 Å². The van der Waals surface area contributed by atoms with Crippen LogP contribution >= 0.6 is 0 Å². The first-order valence-corrected chi connectivity index (χ1v) is 23.5. The number of nitrogens with one attached hydrogen (secondary N) is 3. The second-order valence-electron chi connectivity index (χ2n) is 18.5. The summed E-state index contributed by atoms with van der Waals surface area (Å²) in [6, 6.07) is 20.1. The van der Waals surface area contributed by atoms with E-state index in [9.17, 15) is 19.8 Å². The molecule has 3 fully saturated rings. The monoisotopic (exact) mass is 882 g/mol.